The number of aryl methyl sites for hydroxylation is 1. The lowest BCUT2D eigenvalue weighted by atomic mass is 10.1. The lowest BCUT2D eigenvalue weighted by Gasteiger charge is -2.26. The van der Waals surface area contributed by atoms with Crippen molar-refractivity contribution >= 4 is 11.4 Å². The van der Waals surface area contributed by atoms with E-state index in [1.54, 1.807) is 0 Å². The number of nitrogens with zero attached hydrogens (tertiary/aromatic N) is 1. The number of hydrogen-bond acceptors (Lipinski definition) is 2. The van der Waals surface area contributed by atoms with Crippen molar-refractivity contribution in [3.8, 4) is 0 Å². The fraction of sp³-hybridized carbons (Fsp3) is 0.294. The van der Waals surface area contributed by atoms with E-state index in [9.17, 15) is 0 Å². The second kappa shape index (κ2) is 6.83. The van der Waals surface area contributed by atoms with Crippen molar-refractivity contribution in [1.82, 2.24) is 0 Å². The summed E-state index contributed by atoms with van der Waals surface area (Å²) in [6, 6.07) is 19.0. The molecule has 0 spiro atoms. The topological polar surface area (TPSA) is 15.3 Å². The molecule has 0 unspecified atom stereocenters. The van der Waals surface area contributed by atoms with Crippen molar-refractivity contribution in [1.29, 1.82) is 0 Å². The number of hydrogen-bond donors (Lipinski definition) is 1. The molecular weight excluding hydrogens is 232 g/mol. The molecule has 100 valence electrons. The smallest absolute Gasteiger partial charge is 0.0876 e. The van der Waals surface area contributed by atoms with Gasteiger partial charge in [-0.25, -0.2) is 0 Å². The van der Waals surface area contributed by atoms with Crippen molar-refractivity contribution in [2.24, 2.45) is 0 Å². The molecule has 0 aliphatic carbocycles. The zero-order valence-electron chi connectivity index (χ0n) is 11.8. The molecule has 0 bridgehead atoms. The zero-order chi connectivity index (χ0) is 13.5. The van der Waals surface area contributed by atoms with E-state index in [0.29, 0.717) is 0 Å². The Hall–Kier alpha value is -1.96. The molecule has 0 saturated carbocycles. The van der Waals surface area contributed by atoms with Gasteiger partial charge in [-0.05, 0) is 37.1 Å². The van der Waals surface area contributed by atoms with Gasteiger partial charge in [-0.3, -0.25) is 0 Å². The first-order valence-corrected chi connectivity index (χ1v) is 6.97. The highest BCUT2D eigenvalue weighted by atomic mass is 15.2. The Labute approximate surface area is 116 Å². The Kier molecular flexibility index (Phi) is 4.85. The highest BCUT2D eigenvalue weighted by molar-refractivity contribution is 5.55. The van der Waals surface area contributed by atoms with Gasteiger partial charge in [-0.2, -0.15) is 0 Å². The lowest BCUT2D eigenvalue weighted by molar-refractivity contribution is 0.863. The molecule has 0 aliphatic rings. The highest BCUT2D eigenvalue weighted by Gasteiger charge is 2.07. The fourth-order valence-electron chi connectivity index (χ4n) is 2.23. The van der Waals surface area contributed by atoms with Gasteiger partial charge < -0.3 is 10.2 Å². The summed E-state index contributed by atoms with van der Waals surface area (Å²) < 4.78 is 0. The molecule has 19 heavy (non-hydrogen) atoms. The monoisotopic (exact) mass is 254 g/mol. The molecule has 2 aromatic carbocycles. The summed E-state index contributed by atoms with van der Waals surface area (Å²) in [5, 5.41) is 3.47. The van der Waals surface area contributed by atoms with E-state index in [1.165, 1.54) is 11.3 Å². The molecule has 0 amide bonds. The van der Waals surface area contributed by atoms with E-state index in [2.05, 4.69) is 72.6 Å². The SMILES string of the molecule is CCc1ccccc1N(CC)CNc1ccccc1. The van der Waals surface area contributed by atoms with Crippen molar-refractivity contribution in [3.63, 3.8) is 0 Å². The maximum Gasteiger partial charge on any atom is 0.0876 e. The average Bonchev–Trinajstić information content (AvgIpc) is 2.49. The summed E-state index contributed by atoms with van der Waals surface area (Å²) in [6.45, 7) is 6.23. The van der Waals surface area contributed by atoms with Crippen LogP contribution in [-0.4, -0.2) is 13.2 Å². The van der Waals surface area contributed by atoms with Crippen LogP contribution in [0.25, 0.3) is 0 Å². The van der Waals surface area contributed by atoms with Crippen molar-refractivity contribution < 1.29 is 0 Å². The largest absolute Gasteiger partial charge is 0.368 e. The standard InChI is InChI=1S/C17H22N2/c1-3-15-10-8-9-13-17(15)19(4-2)14-18-16-11-6-5-7-12-16/h5-13,18H,3-4,14H2,1-2H3. The van der Waals surface area contributed by atoms with Crippen LogP contribution in [0.3, 0.4) is 0 Å². The van der Waals surface area contributed by atoms with Crippen LogP contribution in [0, 0.1) is 0 Å². The molecule has 2 heteroatoms. The van der Waals surface area contributed by atoms with Crippen LogP contribution in [0.5, 0.6) is 0 Å². The molecule has 2 nitrogen and oxygen atoms in total. The summed E-state index contributed by atoms with van der Waals surface area (Å²) in [5.74, 6) is 0. The van der Waals surface area contributed by atoms with E-state index in [-0.39, 0.29) is 0 Å². The number of nitrogens with one attached hydrogen (secondary N) is 1. The summed E-state index contributed by atoms with van der Waals surface area (Å²) in [6.07, 6.45) is 1.07. The maximum absolute atomic E-state index is 3.47. The third kappa shape index (κ3) is 3.50. The van der Waals surface area contributed by atoms with Crippen LogP contribution in [0.2, 0.25) is 0 Å². The van der Waals surface area contributed by atoms with Crippen LogP contribution in [0.1, 0.15) is 19.4 Å². The first-order chi connectivity index (χ1) is 9.35. The first kappa shape index (κ1) is 13.5. The number of para-hydroxylation sites is 2. The summed E-state index contributed by atoms with van der Waals surface area (Å²) in [5.41, 5.74) is 3.89. The number of anilines is 2. The zero-order valence-corrected chi connectivity index (χ0v) is 11.8. The molecule has 0 aliphatic heterocycles. The Morgan fingerprint density at radius 3 is 2.26 bits per heavy atom. The van der Waals surface area contributed by atoms with Crippen LogP contribution in [0.15, 0.2) is 54.6 Å². The van der Waals surface area contributed by atoms with Gasteiger partial charge in [0.25, 0.3) is 0 Å². The number of rotatable bonds is 6. The van der Waals surface area contributed by atoms with E-state index in [1.807, 2.05) is 6.07 Å². The first-order valence-electron chi connectivity index (χ1n) is 6.97. The van der Waals surface area contributed by atoms with Crippen LogP contribution >= 0.6 is 0 Å². The minimum absolute atomic E-state index is 0.831. The third-order valence-electron chi connectivity index (χ3n) is 3.34. The van der Waals surface area contributed by atoms with Gasteiger partial charge in [0.05, 0.1) is 6.67 Å². The van der Waals surface area contributed by atoms with Gasteiger partial charge in [-0.15, -0.1) is 0 Å². The Morgan fingerprint density at radius 1 is 0.895 bits per heavy atom. The average molecular weight is 254 g/mol. The summed E-state index contributed by atoms with van der Waals surface area (Å²) >= 11 is 0. The maximum atomic E-state index is 3.47. The minimum atomic E-state index is 0.831. The highest BCUT2D eigenvalue weighted by Crippen LogP contribution is 2.20. The Bertz CT molecular complexity index is 494. The van der Waals surface area contributed by atoms with Gasteiger partial charge in [0.15, 0.2) is 0 Å². The van der Waals surface area contributed by atoms with Crippen LogP contribution in [0.4, 0.5) is 11.4 Å². The lowest BCUT2D eigenvalue weighted by Crippen LogP contribution is -2.29. The van der Waals surface area contributed by atoms with Crippen molar-refractivity contribution in [2.45, 2.75) is 20.3 Å². The van der Waals surface area contributed by atoms with E-state index < -0.39 is 0 Å². The van der Waals surface area contributed by atoms with Crippen LogP contribution in [-0.2, 0) is 6.42 Å². The van der Waals surface area contributed by atoms with Gasteiger partial charge in [-0.1, -0.05) is 43.3 Å². The molecule has 0 saturated heterocycles. The molecule has 1 N–H and O–H groups in total. The minimum Gasteiger partial charge on any atom is -0.368 e. The van der Waals surface area contributed by atoms with E-state index in [4.69, 9.17) is 0 Å². The molecular formula is C17H22N2. The fourth-order valence-corrected chi connectivity index (χ4v) is 2.23. The van der Waals surface area contributed by atoms with E-state index in [0.717, 1.165) is 25.3 Å². The molecule has 0 fully saturated rings. The Morgan fingerprint density at radius 2 is 1.58 bits per heavy atom. The molecule has 0 aromatic heterocycles. The van der Waals surface area contributed by atoms with Gasteiger partial charge in [0, 0.05) is 17.9 Å². The van der Waals surface area contributed by atoms with Gasteiger partial charge >= 0.3 is 0 Å². The predicted octanol–water partition coefficient (Wildman–Crippen LogP) is 4.14. The Balaban J connectivity index is 2.08. The second-order valence-corrected chi connectivity index (χ2v) is 4.54. The number of benzene rings is 2. The molecule has 0 heterocycles. The second-order valence-electron chi connectivity index (χ2n) is 4.54. The van der Waals surface area contributed by atoms with E-state index >= 15 is 0 Å². The van der Waals surface area contributed by atoms with Crippen molar-refractivity contribution in [2.75, 3.05) is 23.4 Å². The van der Waals surface area contributed by atoms with Crippen molar-refractivity contribution in [3.05, 3.63) is 60.2 Å². The van der Waals surface area contributed by atoms with Gasteiger partial charge in [0.2, 0.25) is 0 Å². The molecule has 2 rings (SSSR count). The summed E-state index contributed by atoms with van der Waals surface area (Å²) in [7, 11) is 0. The van der Waals surface area contributed by atoms with Gasteiger partial charge in [0.1, 0.15) is 0 Å². The summed E-state index contributed by atoms with van der Waals surface area (Å²) in [4.78, 5) is 2.37. The van der Waals surface area contributed by atoms with Crippen LogP contribution < -0.4 is 10.2 Å². The third-order valence-corrected chi connectivity index (χ3v) is 3.34. The molecule has 2 aromatic rings. The normalized spacial score (nSPS) is 10.2. The molecule has 0 atom stereocenters. The quantitative estimate of drug-likeness (QED) is 0.779. The molecule has 0 radical (unpaired) electrons. The predicted molar refractivity (Wildman–Crippen MR) is 83.8 cm³/mol.